The molecular formula is C23H20FN3O6. The van der Waals surface area contributed by atoms with Gasteiger partial charge in [0.15, 0.2) is 6.61 Å². The Hall–Kier alpha value is -4.21. The molecule has 1 aliphatic rings. The summed E-state index contributed by atoms with van der Waals surface area (Å²) in [6.07, 6.45) is 0. The van der Waals surface area contributed by atoms with Crippen molar-refractivity contribution < 1.29 is 28.1 Å². The number of anilines is 1. The fourth-order valence-corrected chi connectivity index (χ4v) is 3.51. The van der Waals surface area contributed by atoms with E-state index in [9.17, 15) is 24.1 Å². The van der Waals surface area contributed by atoms with Crippen LogP contribution >= 0.6 is 0 Å². The highest BCUT2D eigenvalue weighted by Crippen LogP contribution is 2.25. The minimum atomic E-state index is -0.776. The number of halogens is 1. The summed E-state index contributed by atoms with van der Waals surface area (Å²) in [5, 5.41) is 10.8. The Labute approximate surface area is 188 Å². The number of hydrogen-bond donors (Lipinski definition) is 0. The number of furan rings is 1. The van der Waals surface area contributed by atoms with Crippen LogP contribution in [0.3, 0.4) is 0 Å². The van der Waals surface area contributed by atoms with Gasteiger partial charge in [-0.2, -0.15) is 0 Å². The first-order valence-electron chi connectivity index (χ1n) is 10.2. The molecule has 0 unspecified atom stereocenters. The summed E-state index contributed by atoms with van der Waals surface area (Å²) in [6, 6.07) is 14.9. The predicted octanol–water partition coefficient (Wildman–Crippen LogP) is 3.50. The number of nitro groups is 1. The number of hydrogen-bond acceptors (Lipinski definition) is 7. The van der Waals surface area contributed by atoms with Gasteiger partial charge >= 0.3 is 5.97 Å². The summed E-state index contributed by atoms with van der Waals surface area (Å²) in [5.41, 5.74) is 1.40. The van der Waals surface area contributed by atoms with Crippen molar-refractivity contribution in [1.82, 2.24) is 4.90 Å². The second-order valence-corrected chi connectivity index (χ2v) is 7.39. The lowest BCUT2D eigenvalue weighted by Crippen LogP contribution is -2.49. The molecule has 1 aliphatic heterocycles. The van der Waals surface area contributed by atoms with Gasteiger partial charge in [-0.05, 0) is 48.5 Å². The van der Waals surface area contributed by atoms with E-state index < -0.39 is 17.5 Å². The van der Waals surface area contributed by atoms with Crippen LogP contribution in [0.25, 0.3) is 11.3 Å². The highest BCUT2D eigenvalue weighted by atomic mass is 19.1. The number of ether oxygens (including phenoxy) is 1. The zero-order valence-electron chi connectivity index (χ0n) is 17.5. The van der Waals surface area contributed by atoms with Crippen molar-refractivity contribution in [2.24, 2.45) is 0 Å². The number of rotatable bonds is 6. The van der Waals surface area contributed by atoms with Crippen LogP contribution in [0.2, 0.25) is 0 Å². The van der Waals surface area contributed by atoms with E-state index in [1.54, 1.807) is 23.1 Å². The Morgan fingerprint density at radius 1 is 0.970 bits per heavy atom. The number of carbonyl (C=O) groups excluding carboxylic acids is 2. The molecule has 0 radical (unpaired) electrons. The van der Waals surface area contributed by atoms with Crippen LogP contribution in [-0.4, -0.2) is 54.5 Å². The Bertz CT molecular complexity index is 1150. The molecule has 0 spiro atoms. The van der Waals surface area contributed by atoms with E-state index in [1.165, 1.54) is 42.5 Å². The zero-order valence-corrected chi connectivity index (χ0v) is 17.5. The van der Waals surface area contributed by atoms with Crippen LogP contribution in [0.15, 0.2) is 65.1 Å². The molecular weight excluding hydrogens is 433 g/mol. The second kappa shape index (κ2) is 9.51. The first-order valence-corrected chi connectivity index (χ1v) is 10.2. The molecule has 3 aromatic rings. The van der Waals surface area contributed by atoms with Gasteiger partial charge in [0.2, 0.25) is 5.76 Å². The third kappa shape index (κ3) is 5.17. The van der Waals surface area contributed by atoms with Crippen LogP contribution in [0.1, 0.15) is 10.6 Å². The average molecular weight is 453 g/mol. The summed E-state index contributed by atoms with van der Waals surface area (Å²) < 4.78 is 23.7. The van der Waals surface area contributed by atoms with Crippen molar-refractivity contribution in [2.75, 3.05) is 37.7 Å². The predicted molar refractivity (Wildman–Crippen MR) is 116 cm³/mol. The first kappa shape index (κ1) is 22.0. The minimum absolute atomic E-state index is 0.0537. The van der Waals surface area contributed by atoms with E-state index in [4.69, 9.17) is 9.15 Å². The van der Waals surface area contributed by atoms with Crippen LogP contribution in [0.5, 0.6) is 0 Å². The van der Waals surface area contributed by atoms with Crippen molar-refractivity contribution in [3.05, 3.63) is 82.4 Å². The lowest BCUT2D eigenvalue weighted by Gasteiger charge is -2.36. The molecule has 10 heteroatoms. The number of amides is 1. The molecule has 0 aliphatic carbocycles. The molecule has 4 rings (SSSR count). The molecule has 9 nitrogen and oxygen atoms in total. The molecule has 0 N–H and O–H groups in total. The van der Waals surface area contributed by atoms with Crippen molar-refractivity contribution >= 4 is 23.3 Å². The Kier molecular flexibility index (Phi) is 6.34. The van der Waals surface area contributed by atoms with Gasteiger partial charge in [-0.3, -0.25) is 14.9 Å². The smallest absolute Gasteiger partial charge is 0.374 e. The highest BCUT2D eigenvalue weighted by Gasteiger charge is 2.23. The van der Waals surface area contributed by atoms with E-state index >= 15 is 0 Å². The van der Waals surface area contributed by atoms with E-state index in [-0.39, 0.29) is 23.2 Å². The van der Waals surface area contributed by atoms with Crippen LogP contribution in [-0.2, 0) is 9.53 Å². The molecule has 170 valence electrons. The van der Waals surface area contributed by atoms with Crippen LogP contribution < -0.4 is 4.90 Å². The van der Waals surface area contributed by atoms with Gasteiger partial charge in [0.1, 0.15) is 11.6 Å². The van der Waals surface area contributed by atoms with Gasteiger partial charge < -0.3 is 19.0 Å². The maximum Gasteiger partial charge on any atom is 0.374 e. The summed E-state index contributed by atoms with van der Waals surface area (Å²) in [7, 11) is 0. The van der Waals surface area contributed by atoms with Gasteiger partial charge in [0.05, 0.1) is 4.92 Å². The van der Waals surface area contributed by atoms with Gasteiger partial charge in [-0.25, -0.2) is 9.18 Å². The summed E-state index contributed by atoms with van der Waals surface area (Å²) in [6.45, 7) is 1.67. The number of nitro benzene ring substituents is 1. The molecule has 33 heavy (non-hydrogen) atoms. The van der Waals surface area contributed by atoms with Gasteiger partial charge in [-0.15, -0.1) is 0 Å². The average Bonchev–Trinajstić information content (AvgIpc) is 3.33. The number of carbonyl (C=O) groups is 2. The lowest BCUT2D eigenvalue weighted by atomic mass is 10.1. The number of piperazine rings is 1. The zero-order chi connectivity index (χ0) is 23.4. The fraction of sp³-hybridized carbons (Fsp3) is 0.217. The number of esters is 1. The summed E-state index contributed by atoms with van der Waals surface area (Å²) >= 11 is 0. The molecule has 1 aromatic heterocycles. The minimum Gasteiger partial charge on any atom is -0.450 e. The maximum atomic E-state index is 13.1. The SMILES string of the molecule is O=C(OCC(=O)N1CCN(c2ccc(F)cc2)CC1)c1ccc(-c2ccc([N+](=O)[O-])cc2)o1. The van der Waals surface area contributed by atoms with E-state index in [2.05, 4.69) is 4.90 Å². The van der Waals surface area contributed by atoms with Gasteiger partial charge in [0.25, 0.3) is 11.6 Å². The normalized spacial score (nSPS) is 13.6. The molecule has 1 saturated heterocycles. The van der Waals surface area contributed by atoms with Gasteiger partial charge in [-0.1, -0.05) is 0 Å². The van der Waals surface area contributed by atoms with Crippen molar-refractivity contribution in [3.63, 3.8) is 0 Å². The van der Waals surface area contributed by atoms with Crippen molar-refractivity contribution in [1.29, 1.82) is 0 Å². The largest absolute Gasteiger partial charge is 0.450 e. The first-order chi connectivity index (χ1) is 15.9. The number of non-ortho nitro benzene ring substituents is 1. The Balaban J connectivity index is 1.27. The Morgan fingerprint density at radius 2 is 1.64 bits per heavy atom. The highest BCUT2D eigenvalue weighted by molar-refractivity contribution is 5.89. The summed E-state index contributed by atoms with van der Waals surface area (Å²) in [5.74, 6) is -1.12. The van der Waals surface area contributed by atoms with E-state index in [0.717, 1.165) is 5.69 Å². The lowest BCUT2D eigenvalue weighted by molar-refractivity contribution is -0.384. The molecule has 1 amide bonds. The number of nitrogens with zero attached hydrogens (tertiary/aromatic N) is 3. The molecule has 2 heterocycles. The van der Waals surface area contributed by atoms with Crippen LogP contribution in [0, 0.1) is 15.9 Å². The fourth-order valence-electron chi connectivity index (χ4n) is 3.51. The second-order valence-electron chi connectivity index (χ2n) is 7.39. The Morgan fingerprint density at radius 3 is 2.27 bits per heavy atom. The quantitative estimate of drug-likeness (QED) is 0.319. The molecule has 0 bridgehead atoms. The molecule has 1 fully saturated rings. The third-order valence-corrected chi connectivity index (χ3v) is 5.32. The summed E-state index contributed by atoms with van der Waals surface area (Å²) in [4.78, 5) is 38.6. The van der Waals surface area contributed by atoms with Gasteiger partial charge in [0, 0.05) is 49.6 Å². The standard InChI is InChI=1S/C23H20FN3O6/c24-17-3-7-18(8-4-17)25-11-13-26(14-12-25)22(28)15-32-23(29)21-10-9-20(33-21)16-1-5-19(6-2-16)27(30)31/h1-10H,11-15H2. The molecule has 0 saturated carbocycles. The van der Waals surface area contributed by atoms with Crippen molar-refractivity contribution in [3.8, 4) is 11.3 Å². The molecule has 2 aromatic carbocycles. The van der Waals surface area contributed by atoms with Crippen molar-refractivity contribution in [2.45, 2.75) is 0 Å². The number of benzene rings is 2. The van der Waals surface area contributed by atoms with E-state index in [0.29, 0.717) is 37.5 Å². The topological polar surface area (TPSA) is 106 Å². The third-order valence-electron chi connectivity index (χ3n) is 5.32. The van der Waals surface area contributed by atoms with E-state index in [1.807, 2.05) is 0 Å². The van der Waals surface area contributed by atoms with Crippen LogP contribution in [0.4, 0.5) is 15.8 Å². The molecule has 0 atom stereocenters. The maximum absolute atomic E-state index is 13.1. The monoisotopic (exact) mass is 453 g/mol.